The van der Waals surface area contributed by atoms with E-state index in [0.29, 0.717) is 5.92 Å². The second-order valence-corrected chi connectivity index (χ2v) is 7.91. The van der Waals surface area contributed by atoms with Crippen molar-refractivity contribution >= 4 is 5.91 Å². The van der Waals surface area contributed by atoms with Crippen molar-refractivity contribution in [2.45, 2.75) is 51.7 Å². The molecule has 5 unspecified atom stereocenters. The van der Waals surface area contributed by atoms with Crippen LogP contribution in [0.3, 0.4) is 0 Å². The lowest BCUT2D eigenvalue weighted by Crippen LogP contribution is -2.55. The van der Waals surface area contributed by atoms with Gasteiger partial charge in [0.25, 0.3) is 5.91 Å². The molecular weight excluding hydrogens is 274 g/mol. The molecule has 0 radical (unpaired) electrons. The largest absolute Gasteiger partial charge is 0.364 e. The van der Waals surface area contributed by atoms with Crippen molar-refractivity contribution < 1.29 is 9.53 Å². The minimum atomic E-state index is -0.603. The molecule has 22 heavy (non-hydrogen) atoms. The Morgan fingerprint density at radius 1 is 1.32 bits per heavy atom. The molecule has 3 aliphatic rings. The molecule has 4 rings (SSSR count). The van der Waals surface area contributed by atoms with Crippen LogP contribution in [0, 0.1) is 16.7 Å². The summed E-state index contributed by atoms with van der Waals surface area (Å²) in [6, 6.07) is 10.2. The lowest BCUT2D eigenvalue weighted by molar-refractivity contribution is -0.156. The van der Waals surface area contributed by atoms with Gasteiger partial charge in [-0.05, 0) is 37.7 Å². The SMILES string of the molecule is CC(NC(=O)C12CC3CCC1(C)C3(C)CO2)c1ccccc1. The highest BCUT2D eigenvalue weighted by Gasteiger charge is 2.78. The first-order chi connectivity index (χ1) is 10.4. The van der Waals surface area contributed by atoms with Crippen molar-refractivity contribution in [3.8, 4) is 0 Å². The highest BCUT2D eigenvalue weighted by Crippen LogP contribution is 2.75. The van der Waals surface area contributed by atoms with Crippen LogP contribution in [0.15, 0.2) is 30.3 Å². The summed E-state index contributed by atoms with van der Waals surface area (Å²) >= 11 is 0. The van der Waals surface area contributed by atoms with Crippen LogP contribution in [-0.2, 0) is 9.53 Å². The molecular formula is C19H25NO2. The van der Waals surface area contributed by atoms with Crippen LogP contribution in [0.4, 0.5) is 0 Å². The first-order valence-electron chi connectivity index (χ1n) is 8.43. The third-order valence-electron chi connectivity index (χ3n) is 7.21. The standard InChI is InChI=1S/C19H25NO2/c1-13(14-7-5-4-6-8-14)20-16(21)19-11-15-9-10-18(19,3)17(15,2)12-22-19/h4-8,13,15H,9-12H2,1-3H3,(H,20,21). The van der Waals surface area contributed by atoms with Gasteiger partial charge in [-0.2, -0.15) is 0 Å². The third-order valence-corrected chi connectivity index (χ3v) is 7.21. The fraction of sp³-hybridized carbons (Fsp3) is 0.632. The van der Waals surface area contributed by atoms with Crippen molar-refractivity contribution in [1.29, 1.82) is 0 Å². The number of amides is 1. The average molecular weight is 299 g/mol. The average Bonchev–Trinajstić information content (AvgIpc) is 2.99. The van der Waals surface area contributed by atoms with E-state index in [1.165, 1.54) is 6.42 Å². The second kappa shape index (κ2) is 4.35. The maximum atomic E-state index is 13.1. The van der Waals surface area contributed by atoms with E-state index in [1.807, 2.05) is 25.1 Å². The molecule has 1 amide bonds. The zero-order valence-corrected chi connectivity index (χ0v) is 13.7. The number of ether oxygens (including phenoxy) is 1. The summed E-state index contributed by atoms with van der Waals surface area (Å²) in [6.07, 6.45) is 3.26. The van der Waals surface area contributed by atoms with Crippen LogP contribution < -0.4 is 5.32 Å². The number of benzene rings is 1. The van der Waals surface area contributed by atoms with E-state index in [9.17, 15) is 4.79 Å². The zero-order valence-electron chi connectivity index (χ0n) is 13.7. The summed E-state index contributed by atoms with van der Waals surface area (Å²) in [5.41, 5.74) is 0.709. The number of hydrogen-bond acceptors (Lipinski definition) is 2. The monoisotopic (exact) mass is 299 g/mol. The van der Waals surface area contributed by atoms with Crippen LogP contribution in [0.2, 0.25) is 0 Å². The molecule has 5 atom stereocenters. The number of rotatable bonds is 3. The lowest BCUT2D eigenvalue weighted by Gasteiger charge is -2.40. The van der Waals surface area contributed by atoms with Gasteiger partial charge in [0.05, 0.1) is 12.6 Å². The molecule has 1 aromatic carbocycles. The normalized spacial score (nSPS) is 43.3. The summed E-state index contributed by atoms with van der Waals surface area (Å²) in [5, 5.41) is 3.22. The number of nitrogens with one attached hydrogen (secondary N) is 1. The van der Waals surface area contributed by atoms with Gasteiger partial charge in [0.2, 0.25) is 0 Å². The van der Waals surface area contributed by atoms with Crippen molar-refractivity contribution in [3.63, 3.8) is 0 Å². The summed E-state index contributed by atoms with van der Waals surface area (Å²) in [4.78, 5) is 13.1. The summed E-state index contributed by atoms with van der Waals surface area (Å²) < 4.78 is 6.17. The molecule has 1 aliphatic heterocycles. The number of carbonyl (C=O) groups excluding carboxylic acids is 1. The maximum Gasteiger partial charge on any atom is 0.253 e. The molecule has 1 N–H and O–H groups in total. The van der Waals surface area contributed by atoms with E-state index in [4.69, 9.17) is 4.74 Å². The molecule has 0 aromatic heterocycles. The van der Waals surface area contributed by atoms with Gasteiger partial charge in [-0.1, -0.05) is 44.2 Å². The predicted molar refractivity (Wildman–Crippen MR) is 85.2 cm³/mol. The summed E-state index contributed by atoms with van der Waals surface area (Å²) in [6.45, 7) is 7.39. The predicted octanol–water partition coefficient (Wildman–Crippen LogP) is 3.46. The topological polar surface area (TPSA) is 38.3 Å². The van der Waals surface area contributed by atoms with Crippen molar-refractivity contribution in [1.82, 2.24) is 5.32 Å². The molecule has 3 heteroatoms. The smallest absolute Gasteiger partial charge is 0.253 e. The van der Waals surface area contributed by atoms with Crippen LogP contribution in [0.5, 0.6) is 0 Å². The number of carbonyl (C=O) groups is 1. The first-order valence-corrected chi connectivity index (χ1v) is 8.43. The highest BCUT2D eigenvalue weighted by atomic mass is 16.5. The Bertz CT molecular complexity index is 615. The zero-order chi connectivity index (χ0) is 15.6. The second-order valence-electron chi connectivity index (χ2n) is 7.91. The van der Waals surface area contributed by atoms with Crippen LogP contribution in [-0.4, -0.2) is 18.1 Å². The minimum absolute atomic E-state index is 0.00877. The lowest BCUT2D eigenvalue weighted by atomic mass is 9.66. The van der Waals surface area contributed by atoms with Crippen LogP contribution in [0.1, 0.15) is 51.6 Å². The molecule has 1 aromatic rings. The van der Waals surface area contributed by atoms with Crippen molar-refractivity contribution in [3.05, 3.63) is 35.9 Å². The molecule has 2 saturated carbocycles. The van der Waals surface area contributed by atoms with Gasteiger partial charge in [-0.25, -0.2) is 0 Å². The molecule has 2 aliphatic carbocycles. The molecule has 118 valence electrons. The van der Waals surface area contributed by atoms with Gasteiger partial charge < -0.3 is 10.1 Å². The molecule has 3 nitrogen and oxygen atoms in total. The Hall–Kier alpha value is -1.35. The molecule has 3 fully saturated rings. The van der Waals surface area contributed by atoms with E-state index in [1.54, 1.807) is 0 Å². The van der Waals surface area contributed by atoms with Gasteiger partial charge in [0, 0.05) is 10.8 Å². The Labute approximate surface area is 132 Å². The van der Waals surface area contributed by atoms with Gasteiger partial charge in [-0.3, -0.25) is 4.79 Å². The number of hydrogen-bond donors (Lipinski definition) is 1. The van der Waals surface area contributed by atoms with E-state index in [2.05, 4.69) is 31.3 Å². The van der Waals surface area contributed by atoms with Gasteiger partial charge in [0.1, 0.15) is 0 Å². The Balaban J connectivity index is 1.59. The summed E-state index contributed by atoms with van der Waals surface area (Å²) in [5.74, 6) is 0.737. The van der Waals surface area contributed by atoms with Gasteiger partial charge in [0.15, 0.2) is 5.60 Å². The van der Waals surface area contributed by atoms with E-state index >= 15 is 0 Å². The molecule has 4 bridgehead atoms. The van der Waals surface area contributed by atoms with E-state index in [0.717, 1.165) is 25.0 Å². The third kappa shape index (κ3) is 1.48. The Kier molecular flexibility index (Phi) is 2.82. The molecule has 1 saturated heterocycles. The maximum absolute atomic E-state index is 13.1. The fourth-order valence-corrected chi connectivity index (χ4v) is 5.40. The van der Waals surface area contributed by atoms with Gasteiger partial charge in [-0.15, -0.1) is 0 Å². The van der Waals surface area contributed by atoms with Crippen LogP contribution in [0.25, 0.3) is 0 Å². The summed E-state index contributed by atoms with van der Waals surface area (Å²) in [7, 11) is 0. The quantitative estimate of drug-likeness (QED) is 0.928. The van der Waals surface area contributed by atoms with Crippen molar-refractivity contribution in [2.24, 2.45) is 16.7 Å². The van der Waals surface area contributed by atoms with Crippen molar-refractivity contribution in [2.75, 3.05) is 6.61 Å². The highest BCUT2D eigenvalue weighted by molar-refractivity contribution is 5.88. The molecule has 1 heterocycles. The van der Waals surface area contributed by atoms with E-state index in [-0.39, 0.29) is 22.8 Å². The van der Waals surface area contributed by atoms with E-state index < -0.39 is 5.60 Å². The minimum Gasteiger partial charge on any atom is -0.364 e. The first kappa shape index (κ1) is 14.3. The fourth-order valence-electron chi connectivity index (χ4n) is 5.40. The Morgan fingerprint density at radius 3 is 2.68 bits per heavy atom. The van der Waals surface area contributed by atoms with Gasteiger partial charge >= 0.3 is 0 Å². The Morgan fingerprint density at radius 2 is 2.05 bits per heavy atom. The molecule has 0 spiro atoms. The van der Waals surface area contributed by atoms with Crippen LogP contribution >= 0.6 is 0 Å².